The normalized spacial score (nSPS) is 17.1. The first-order valence-electron chi connectivity index (χ1n) is 4.78. The average Bonchev–Trinajstić information content (AvgIpc) is 2.98. The van der Waals surface area contributed by atoms with Gasteiger partial charge in [0.1, 0.15) is 5.78 Å². The Morgan fingerprint density at radius 2 is 2.07 bits per heavy atom. The number of hydrogen-bond donors (Lipinski definition) is 0. The minimum Gasteiger partial charge on any atom is -0.299 e. The number of hydrogen-bond acceptors (Lipinski definition) is 1. The molecule has 0 heterocycles. The van der Waals surface area contributed by atoms with Crippen molar-refractivity contribution in [3.8, 4) is 12.3 Å². The van der Waals surface area contributed by atoms with E-state index < -0.39 is 0 Å². The molecule has 0 saturated heterocycles. The summed E-state index contributed by atoms with van der Waals surface area (Å²) in [6, 6.07) is 7.73. The maximum absolute atomic E-state index is 11.5. The second kappa shape index (κ2) is 2.99. The van der Waals surface area contributed by atoms with E-state index in [9.17, 15) is 4.79 Å². The third kappa shape index (κ3) is 1.15. The number of benzene rings is 1. The summed E-state index contributed by atoms with van der Waals surface area (Å²) in [7, 11) is 0. The predicted molar refractivity (Wildman–Crippen MR) is 56.0 cm³/mol. The molecule has 0 spiro atoms. The standard InChI is InChI=1S/C13H12O/c1-3-11-6-4-5-7-12(11)13(8-9-13)10(2)14/h1,4-7H,8-9H2,2H3. The summed E-state index contributed by atoms with van der Waals surface area (Å²) in [5.41, 5.74) is 1.65. The van der Waals surface area contributed by atoms with Gasteiger partial charge in [0.2, 0.25) is 0 Å². The fourth-order valence-corrected chi connectivity index (χ4v) is 1.96. The quantitative estimate of drug-likeness (QED) is 0.644. The van der Waals surface area contributed by atoms with Gasteiger partial charge in [-0.2, -0.15) is 0 Å². The maximum atomic E-state index is 11.5. The lowest BCUT2D eigenvalue weighted by Crippen LogP contribution is -2.18. The maximum Gasteiger partial charge on any atom is 0.140 e. The first-order chi connectivity index (χ1) is 6.70. The highest BCUT2D eigenvalue weighted by Crippen LogP contribution is 2.49. The van der Waals surface area contributed by atoms with E-state index in [1.807, 2.05) is 24.3 Å². The van der Waals surface area contributed by atoms with Gasteiger partial charge in [-0.05, 0) is 31.4 Å². The first-order valence-corrected chi connectivity index (χ1v) is 4.78. The molecule has 1 aromatic rings. The Kier molecular flexibility index (Phi) is 1.93. The minimum absolute atomic E-state index is 0.236. The van der Waals surface area contributed by atoms with Crippen LogP contribution in [0, 0.1) is 12.3 Å². The Bertz CT molecular complexity index is 419. The van der Waals surface area contributed by atoms with Crippen LogP contribution in [0.25, 0.3) is 0 Å². The second-order valence-corrected chi connectivity index (χ2v) is 3.83. The van der Waals surface area contributed by atoms with Gasteiger partial charge in [-0.1, -0.05) is 24.1 Å². The van der Waals surface area contributed by atoms with E-state index in [-0.39, 0.29) is 11.2 Å². The summed E-state index contributed by atoms with van der Waals surface area (Å²) in [6.45, 7) is 1.65. The van der Waals surface area contributed by atoms with Crippen LogP contribution in [-0.2, 0) is 10.2 Å². The Balaban J connectivity index is 2.53. The van der Waals surface area contributed by atoms with Crippen LogP contribution in [0.1, 0.15) is 30.9 Å². The summed E-state index contributed by atoms with van der Waals surface area (Å²) < 4.78 is 0. The van der Waals surface area contributed by atoms with Crippen LogP contribution in [-0.4, -0.2) is 5.78 Å². The third-order valence-electron chi connectivity index (χ3n) is 3.02. The third-order valence-corrected chi connectivity index (χ3v) is 3.02. The van der Waals surface area contributed by atoms with Crippen LogP contribution < -0.4 is 0 Å². The van der Waals surface area contributed by atoms with E-state index in [0.717, 1.165) is 24.0 Å². The zero-order valence-electron chi connectivity index (χ0n) is 8.21. The van der Waals surface area contributed by atoms with Gasteiger partial charge in [0.25, 0.3) is 0 Å². The topological polar surface area (TPSA) is 17.1 Å². The molecule has 0 aromatic heterocycles. The van der Waals surface area contributed by atoms with Crippen molar-refractivity contribution in [2.45, 2.75) is 25.2 Å². The largest absolute Gasteiger partial charge is 0.299 e. The van der Waals surface area contributed by atoms with Gasteiger partial charge in [0, 0.05) is 5.56 Å². The molecule has 2 rings (SSSR count). The molecule has 1 saturated carbocycles. The van der Waals surface area contributed by atoms with Crippen molar-refractivity contribution in [3.05, 3.63) is 35.4 Å². The summed E-state index contributed by atoms with van der Waals surface area (Å²) in [5.74, 6) is 2.88. The van der Waals surface area contributed by atoms with Crippen molar-refractivity contribution in [1.29, 1.82) is 0 Å². The van der Waals surface area contributed by atoms with E-state index in [4.69, 9.17) is 6.42 Å². The van der Waals surface area contributed by atoms with Gasteiger partial charge in [0.15, 0.2) is 0 Å². The number of ketones is 1. The zero-order chi connectivity index (χ0) is 10.2. The first kappa shape index (κ1) is 9.02. The van der Waals surface area contributed by atoms with Crippen molar-refractivity contribution in [2.75, 3.05) is 0 Å². The highest BCUT2D eigenvalue weighted by molar-refractivity contribution is 5.91. The molecule has 1 heteroatoms. The molecule has 0 bridgehead atoms. The van der Waals surface area contributed by atoms with Crippen molar-refractivity contribution in [1.82, 2.24) is 0 Å². The Morgan fingerprint density at radius 1 is 1.43 bits per heavy atom. The van der Waals surface area contributed by atoms with Gasteiger partial charge in [-0.25, -0.2) is 0 Å². The van der Waals surface area contributed by atoms with Crippen LogP contribution in [0.3, 0.4) is 0 Å². The molecule has 1 aromatic carbocycles. The molecular weight excluding hydrogens is 172 g/mol. The lowest BCUT2D eigenvalue weighted by atomic mass is 9.88. The van der Waals surface area contributed by atoms with E-state index in [1.165, 1.54) is 0 Å². The number of Topliss-reactive ketones (excluding diaryl/α,β-unsaturated/α-hetero) is 1. The van der Waals surface area contributed by atoms with E-state index >= 15 is 0 Å². The van der Waals surface area contributed by atoms with E-state index in [0.29, 0.717) is 0 Å². The summed E-state index contributed by atoms with van der Waals surface area (Å²) in [4.78, 5) is 11.5. The van der Waals surface area contributed by atoms with Crippen molar-refractivity contribution < 1.29 is 4.79 Å². The molecule has 0 atom stereocenters. The summed E-state index contributed by atoms with van der Waals surface area (Å²) in [5, 5.41) is 0. The molecule has 1 aliphatic rings. The molecule has 0 N–H and O–H groups in total. The fourth-order valence-electron chi connectivity index (χ4n) is 1.96. The summed E-state index contributed by atoms with van der Waals surface area (Å²) in [6.07, 6.45) is 7.30. The molecule has 70 valence electrons. The SMILES string of the molecule is C#Cc1ccccc1C1(C(C)=O)CC1. The van der Waals surface area contributed by atoms with Gasteiger partial charge < -0.3 is 0 Å². The van der Waals surface area contributed by atoms with Crippen molar-refractivity contribution in [3.63, 3.8) is 0 Å². The van der Waals surface area contributed by atoms with Crippen molar-refractivity contribution >= 4 is 5.78 Å². The monoisotopic (exact) mass is 184 g/mol. The average molecular weight is 184 g/mol. The van der Waals surface area contributed by atoms with Crippen molar-refractivity contribution in [2.24, 2.45) is 0 Å². The van der Waals surface area contributed by atoms with Gasteiger partial charge in [-0.3, -0.25) is 4.79 Å². The summed E-state index contributed by atoms with van der Waals surface area (Å²) >= 11 is 0. The zero-order valence-corrected chi connectivity index (χ0v) is 8.21. The van der Waals surface area contributed by atoms with Gasteiger partial charge >= 0.3 is 0 Å². The molecule has 0 amide bonds. The molecule has 1 nitrogen and oxygen atoms in total. The Labute approximate surface area is 84.1 Å². The van der Waals surface area contributed by atoms with E-state index in [2.05, 4.69) is 5.92 Å². The molecule has 0 aliphatic heterocycles. The van der Waals surface area contributed by atoms with E-state index in [1.54, 1.807) is 6.92 Å². The second-order valence-electron chi connectivity index (χ2n) is 3.83. The highest BCUT2D eigenvalue weighted by Gasteiger charge is 2.49. The number of carbonyl (C=O) groups excluding carboxylic acids is 1. The molecule has 1 fully saturated rings. The smallest absolute Gasteiger partial charge is 0.140 e. The number of carbonyl (C=O) groups is 1. The molecule has 1 aliphatic carbocycles. The molecular formula is C13H12O. The van der Waals surface area contributed by atoms with Crippen LogP contribution in [0.5, 0.6) is 0 Å². The Morgan fingerprint density at radius 3 is 2.57 bits per heavy atom. The lowest BCUT2D eigenvalue weighted by molar-refractivity contribution is -0.119. The van der Waals surface area contributed by atoms with Gasteiger partial charge in [0.05, 0.1) is 5.41 Å². The van der Waals surface area contributed by atoms with Crippen LogP contribution >= 0.6 is 0 Å². The number of terminal acetylenes is 1. The predicted octanol–water partition coefficient (Wildman–Crippen LogP) is 2.29. The highest BCUT2D eigenvalue weighted by atomic mass is 16.1. The van der Waals surface area contributed by atoms with Crippen LogP contribution in [0.2, 0.25) is 0 Å². The van der Waals surface area contributed by atoms with Crippen LogP contribution in [0.15, 0.2) is 24.3 Å². The minimum atomic E-state index is -0.247. The molecule has 0 unspecified atom stereocenters. The fraction of sp³-hybridized carbons (Fsp3) is 0.308. The lowest BCUT2D eigenvalue weighted by Gasteiger charge is -2.13. The van der Waals surface area contributed by atoms with Crippen LogP contribution in [0.4, 0.5) is 0 Å². The molecule has 14 heavy (non-hydrogen) atoms. The molecule has 0 radical (unpaired) electrons. The number of rotatable bonds is 2. The van der Waals surface area contributed by atoms with Gasteiger partial charge in [-0.15, -0.1) is 6.42 Å². The Hall–Kier alpha value is -1.55.